The summed E-state index contributed by atoms with van der Waals surface area (Å²) in [7, 11) is 0. The average Bonchev–Trinajstić information content (AvgIpc) is 2.93. The topological polar surface area (TPSA) is 35.3 Å². The van der Waals surface area contributed by atoms with E-state index < -0.39 is 0 Å². The Labute approximate surface area is 140 Å². The smallest absolute Gasteiger partial charge is 0.226 e. The Bertz CT molecular complexity index is 796. The normalized spacial score (nSPS) is 10.7. The second-order valence-electron chi connectivity index (χ2n) is 5.40. The summed E-state index contributed by atoms with van der Waals surface area (Å²) in [4.78, 5) is 4.58. The number of rotatable bonds is 5. The van der Waals surface area contributed by atoms with Gasteiger partial charge in [0.25, 0.3) is 0 Å². The zero-order valence-electron chi connectivity index (χ0n) is 13.2. The summed E-state index contributed by atoms with van der Waals surface area (Å²) in [5.41, 5.74) is 2.97. The van der Waals surface area contributed by atoms with E-state index in [0.29, 0.717) is 23.9 Å². The SMILES string of the molecule is Cc1ccc(Cl)cc1OCCc1nc(-c2ccccc2)oc1C. The highest BCUT2D eigenvalue weighted by atomic mass is 35.5. The van der Waals surface area contributed by atoms with Gasteiger partial charge >= 0.3 is 0 Å². The molecule has 3 rings (SSSR count). The van der Waals surface area contributed by atoms with Crippen molar-refractivity contribution in [3.05, 3.63) is 70.6 Å². The van der Waals surface area contributed by atoms with Gasteiger partial charge in [-0.2, -0.15) is 0 Å². The van der Waals surface area contributed by atoms with Gasteiger partial charge in [0.05, 0.1) is 12.3 Å². The summed E-state index contributed by atoms with van der Waals surface area (Å²) in [6, 6.07) is 15.5. The minimum Gasteiger partial charge on any atom is -0.493 e. The third-order valence-electron chi connectivity index (χ3n) is 3.66. The quantitative estimate of drug-likeness (QED) is 0.643. The molecule has 0 N–H and O–H groups in total. The van der Waals surface area contributed by atoms with Crippen LogP contribution in [-0.2, 0) is 6.42 Å². The van der Waals surface area contributed by atoms with Crippen LogP contribution in [0.15, 0.2) is 52.9 Å². The lowest BCUT2D eigenvalue weighted by Gasteiger charge is -2.08. The maximum Gasteiger partial charge on any atom is 0.226 e. The molecule has 0 radical (unpaired) electrons. The largest absolute Gasteiger partial charge is 0.493 e. The molecule has 1 heterocycles. The number of oxazole rings is 1. The maximum absolute atomic E-state index is 6.00. The Morgan fingerprint density at radius 2 is 1.87 bits per heavy atom. The first kappa shape index (κ1) is 15.6. The van der Waals surface area contributed by atoms with E-state index in [1.54, 1.807) is 0 Å². The highest BCUT2D eigenvalue weighted by Gasteiger charge is 2.11. The third-order valence-corrected chi connectivity index (χ3v) is 3.90. The van der Waals surface area contributed by atoms with Crippen LogP contribution in [0.4, 0.5) is 0 Å². The summed E-state index contributed by atoms with van der Waals surface area (Å²) >= 11 is 6.00. The molecule has 0 atom stereocenters. The van der Waals surface area contributed by atoms with Gasteiger partial charge < -0.3 is 9.15 Å². The Kier molecular flexibility index (Phi) is 4.68. The molecule has 1 aromatic heterocycles. The van der Waals surface area contributed by atoms with Crippen molar-refractivity contribution in [2.24, 2.45) is 0 Å². The Morgan fingerprint density at radius 1 is 1.09 bits per heavy atom. The maximum atomic E-state index is 6.00. The van der Waals surface area contributed by atoms with Gasteiger partial charge in [0.1, 0.15) is 11.5 Å². The van der Waals surface area contributed by atoms with Crippen LogP contribution in [0.3, 0.4) is 0 Å². The van der Waals surface area contributed by atoms with Crippen LogP contribution in [-0.4, -0.2) is 11.6 Å². The number of ether oxygens (including phenoxy) is 1. The Hall–Kier alpha value is -2.26. The fourth-order valence-corrected chi connectivity index (χ4v) is 2.51. The van der Waals surface area contributed by atoms with Gasteiger partial charge in [0.15, 0.2) is 0 Å². The minimum atomic E-state index is 0.531. The Balaban J connectivity index is 1.67. The molecule has 3 nitrogen and oxygen atoms in total. The lowest BCUT2D eigenvalue weighted by molar-refractivity contribution is 0.318. The zero-order valence-corrected chi connectivity index (χ0v) is 13.9. The summed E-state index contributed by atoms with van der Waals surface area (Å²) in [5.74, 6) is 2.29. The molecule has 0 aliphatic rings. The summed E-state index contributed by atoms with van der Waals surface area (Å²) in [6.07, 6.45) is 0.689. The fraction of sp³-hybridized carbons (Fsp3) is 0.211. The van der Waals surface area contributed by atoms with Crippen LogP contribution in [0.1, 0.15) is 17.0 Å². The summed E-state index contributed by atoms with van der Waals surface area (Å²) in [6.45, 7) is 4.46. The highest BCUT2D eigenvalue weighted by Crippen LogP contribution is 2.24. The molecule has 0 saturated heterocycles. The molecular weight excluding hydrogens is 310 g/mol. The van der Waals surface area contributed by atoms with E-state index in [0.717, 1.165) is 28.3 Å². The molecule has 0 saturated carbocycles. The van der Waals surface area contributed by atoms with Crippen molar-refractivity contribution in [3.8, 4) is 17.2 Å². The monoisotopic (exact) mass is 327 g/mol. The molecule has 23 heavy (non-hydrogen) atoms. The number of halogens is 1. The highest BCUT2D eigenvalue weighted by molar-refractivity contribution is 6.30. The first-order valence-corrected chi connectivity index (χ1v) is 7.92. The lowest BCUT2D eigenvalue weighted by Crippen LogP contribution is -2.03. The number of nitrogens with zero attached hydrogens (tertiary/aromatic N) is 1. The van der Waals surface area contributed by atoms with Crippen molar-refractivity contribution in [2.45, 2.75) is 20.3 Å². The molecule has 0 aliphatic heterocycles. The van der Waals surface area contributed by atoms with Crippen LogP contribution in [0.2, 0.25) is 5.02 Å². The van der Waals surface area contributed by atoms with E-state index in [-0.39, 0.29) is 0 Å². The van der Waals surface area contributed by atoms with Crippen LogP contribution >= 0.6 is 11.6 Å². The molecule has 0 fully saturated rings. The van der Waals surface area contributed by atoms with E-state index in [1.165, 1.54) is 0 Å². The van der Waals surface area contributed by atoms with E-state index in [1.807, 2.05) is 62.4 Å². The summed E-state index contributed by atoms with van der Waals surface area (Å²) < 4.78 is 11.6. The third kappa shape index (κ3) is 3.74. The van der Waals surface area contributed by atoms with E-state index >= 15 is 0 Å². The van der Waals surface area contributed by atoms with Crippen molar-refractivity contribution >= 4 is 11.6 Å². The molecule has 3 aromatic rings. The number of benzene rings is 2. The Morgan fingerprint density at radius 3 is 2.65 bits per heavy atom. The fourth-order valence-electron chi connectivity index (χ4n) is 2.35. The standard InChI is InChI=1S/C19H18ClNO2/c1-13-8-9-16(20)12-18(13)22-11-10-17-14(2)23-19(21-17)15-6-4-3-5-7-15/h3-9,12H,10-11H2,1-2H3. The van der Waals surface area contributed by atoms with Crippen molar-refractivity contribution in [1.82, 2.24) is 4.98 Å². The average molecular weight is 328 g/mol. The van der Waals surface area contributed by atoms with Gasteiger partial charge in [-0.1, -0.05) is 35.9 Å². The van der Waals surface area contributed by atoms with Crippen molar-refractivity contribution in [2.75, 3.05) is 6.61 Å². The van der Waals surface area contributed by atoms with Gasteiger partial charge in [-0.3, -0.25) is 0 Å². The molecule has 0 unspecified atom stereocenters. The van der Waals surface area contributed by atoms with Gasteiger partial charge in [-0.05, 0) is 43.7 Å². The van der Waals surface area contributed by atoms with Gasteiger partial charge in [0.2, 0.25) is 5.89 Å². The number of aromatic nitrogens is 1. The van der Waals surface area contributed by atoms with E-state index in [4.69, 9.17) is 20.8 Å². The molecule has 0 amide bonds. The molecular formula is C19H18ClNO2. The first-order chi connectivity index (χ1) is 11.1. The summed E-state index contributed by atoms with van der Waals surface area (Å²) in [5, 5.41) is 0.676. The van der Waals surface area contributed by atoms with Crippen molar-refractivity contribution in [1.29, 1.82) is 0 Å². The molecule has 2 aromatic carbocycles. The van der Waals surface area contributed by atoms with Crippen molar-refractivity contribution < 1.29 is 9.15 Å². The first-order valence-electron chi connectivity index (χ1n) is 7.54. The number of hydrogen-bond donors (Lipinski definition) is 0. The minimum absolute atomic E-state index is 0.531. The van der Waals surface area contributed by atoms with Gasteiger partial charge in [-0.15, -0.1) is 0 Å². The number of aryl methyl sites for hydroxylation is 2. The second kappa shape index (κ2) is 6.88. The van der Waals surface area contributed by atoms with Gasteiger partial charge in [0, 0.05) is 17.0 Å². The van der Waals surface area contributed by atoms with Crippen LogP contribution in [0, 0.1) is 13.8 Å². The van der Waals surface area contributed by atoms with E-state index in [2.05, 4.69) is 4.98 Å². The van der Waals surface area contributed by atoms with Crippen LogP contribution in [0.5, 0.6) is 5.75 Å². The number of hydrogen-bond acceptors (Lipinski definition) is 3. The predicted octanol–water partition coefficient (Wildman–Crippen LogP) is 5.23. The second-order valence-corrected chi connectivity index (χ2v) is 5.83. The van der Waals surface area contributed by atoms with Crippen molar-refractivity contribution in [3.63, 3.8) is 0 Å². The van der Waals surface area contributed by atoms with Crippen LogP contribution in [0.25, 0.3) is 11.5 Å². The molecule has 4 heteroatoms. The predicted molar refractivity (Wildman–Crippen MR) is 92.1 cm³/mol. The van der Waals surface area contributed by atoms with Gasteiger partial charge in [-0.25, -0.2) is 4.98 Å². The molecule has 118 valence electrons. The lowest BCUT2D eigenvalue weighted by atomic mass is 10.2. The molecule has 0 bridgehead atoms. The molecule has 0 spiro atoms. The molecule has 0 aliphatic carbocycles. The van der Waals surface area contributed by atoms with Crippen LogP contribution < -0.4 is 4.74 Å². The van der Waals surface area contributed by atoms with E-state index in [9.17, 15) is 0 Å². The zero-order chi connectivity index (χ0) is 16.2.